The third-order valence-electron chi connectivity index (χ3n) is 2.59. The number of nitrogens with two attached hydrogens (primary N) is 1. The molecule has 1 fully saturated rings. The van der Waals surface area contributed by atoms with Gasteiger partial charge >= 0.3 is 0 Å². The van der Waals surface area contributed by atoms with Crippen LogP contribution in [0.4, 0.5) is 0 Å². The van der Waals surface area contributed by atoms with E-state index in [4.69, 9.17) is 15.7 Å². The molecule has 3 heteroatoms. The first-order valence-corrected chi connectivity index (χ1v) is 5.07. The van der Waals surface area contributed by atoms with Crippen molar-refractivity contribution in [3.63, 3.8) is 0 Å². The van der Waals surface area contributed by atoms with Gasteiger partial charge in [-0.1, -0.05) is 6.92 Å². The van der Waals surface area contributed by atoms with Crippen LogP contribution < -0.4 is 5.73 Å². The summed E-state index contributed by atoms with van der Waals surface area (Å²) in [4.78, 5) is 0. The van der Waals surface area contributed by atoms with Crippen LogP contribution in [-0.4, -0.2) is 18.2 Å². The van der Waals surface area contributed by atoms with Crippen molar-refractivity contribution in [2.75, 3.05) is 0 Å². The molecule has 3 nitrogen and oxygen atoms in total. The molecule has 1 saturated carbocycles. The summed E-state index contributed by atoms with van der Waals surface area (Å²) in [7, 11) is 0. The van der Waals surface area contributed by atoms with Crippen molar-refractivity contribution in [2.24, 2.45) is 5.73 Å². The fourth-order valence-corrected chi connectivity index (χ4v) is 1.67. The predicted molar refractivity (Wildman–Crippen MR) is 51.0 cm³/mol. The highest BCUT2D eigenvalue weighted by Gasteiger charge is 2.21. The Morgan fingerprint density at radius 1 is 1.46 bits per heavy atom. The van der Waals surface area contributed by atoms with E-state index < -0.39 is 0 Å². The van der Waals surface area contributed by atoms with E-state index in [9.17, 15) is 0 Å². The second-order valence-corrected chi connectivity index (χ2v) is 3.70. The third-order valence-corrected chi connectivity index (χ3v) is 2.59. The first-order chi connectivity index (χ1) is 6.26. The molecule has 0 aromatic heterocycles. The molecule has 2 N–H and O–H groups in total. The Morgan fingerprint density at radius 3 is 2.54 bits per heavy atom. The molecule has 1 unspecified atom stereocenters. The predicted octanol–water partition coefficient (Wildman–Crippen LogP) is 1.58. The molecule has 0 bridgehead atoms. The largest absolute Gasteiger partial charge is 0.360 e. The lowest BCUT2D eigenvalue weighted by atomic mass is 9.93. The zero-order valence-electron chi connectivity index (χ0n) is 8.20. The number of ether oxygens (including phenoxy) is 1. The molecule has 1 atom stereocenters. The molecule has 0 aliphatic heterocycles. The second kappa shape index (κ2) is 5.21. The minimum Gasteiger partial charge on any atom is -0.360 e. The molecular weight excluding hydrogens is 164 g/mol. The van der Waals surface area contributed by atoms with Crippen LogP contribution in [0.3, 0.4) is 0 Å². The molecule has 13 heavy (non-hydrogen) atoms. The number of rotatable bonds is 3. The molecule has 0 aromatic rings. The highest BCUT2D eigenvalue weighted by atomic mass is 16.5. The average molecular weight is 182 g/mol. The molecule has 0 radical (unpaired) electrons. The summed E-state index contributed by atoms with van der Waals surface area (Å²) >= 11 is 0. The molecule has 1 rings (SSSR count). The molecule has 1 aliphatic carbocycles. The fraction of sp³-hybridized carbons (Fsp3) is 0.900. The highest BCUT2D eigenvalue weighted by molar-refractivity contribution is 4.85. The van der Waals surface area contributed by atoms with Crippen molar-refractivity contribution in [3.8, 4) is 6.07 Å². The van der Waals surface area contributed by atoms with Gasteiger partial charge in [0, 0.05) is 6.04 Å². The maximum absolute atomic E-state index is 8.71. The maximum Gasteiger partial charge on any atom is 0.144 e. The van der Waals surface area contributed by atoms with Crippen LogP contribution in [0.25, 0.3) is 0 Å². The van der Waals surface area contributed by atoms with Gasteiger partial charge in [-0.15, -0.1) is 0 Å². The van der Waals surface area contributed by atoms with E-state index >= 15 is 0 Å². The Bertz CT molecular complexity index is 180. The molecule has 1 aliphatic rings. The van der Waals surface area contributed by atoms with Crippen LogP contribution in [0.1, 0.15) is 39.0 Å². The van der Waals surface area contributed by atoms with Gasteiger partial charge in [0.25, 0.3) is 0 Å². The van der Waals surface area contributed by atoms with Gasteiger partial charge in [-0.25, -0.2) is 0 Å². The van der Waals surface area contributed by atoms with Crippen molar-refractivity contribution in [1.82, 2.24) is 0 Å². The van der Waals surface area contributed by atoms with Gasteiger partial charge < -0.3 is 10.5 Å². The first kappa shape index (κ1) is 10.5. The van der Waals surface area contributed by atoms with Gasteiger partial charge in [0.1, 0.15) is 6.10 Å². The topological polar surface area (TPSA) is 59.0 Å². The summed E-state index contributed by atoms with van der Waals surface area (Å²) < 4.78 is 5.62. The van der Waals surface area contributed by atoms with Crippen LogP contribution in [0.15, 0.2) is 0 Å². The second-order valence-electron chi connectivity index (χ2n) is 3.70. The van der Waals surface area contributed by atoms with Crippen LogP contribution in [0.2, 0.25) is 0 Å². The van der Waals surface area contributed by atoms with Gasteiger partial charge in [-0.3, -0.25) is 0 Å². The lowest BCUT2D eigenvalue weighted by molar-refractivity contribution is -0.00739. The van der Waals surface area contributed by atoms with Crippen LogP contribution in [0, 0.1) is 11.3 Å². The van der Waals surface area contributed by atoms with Crippen molar-refractivity contribution in [2.45, 2.75) is 57.3 Å². The molecule has 0 amide bonds. The van der Waals surface area contributed by atoms with Gasteiger partial charge in [0.2, 0.25) is 0 Å². The lowest BCUT2D eigenvalue weighted by Gasteiger charge is -2.27. The van der Waals surface area contributed by atoms with Crippen molar-refractivity contribution >= 4 is 0 Å². The number of nitriles is 1. The Labute approximate surface area is 79.9 Å². The summed E-state index contributed by atoms with van der Waals surface area (Å²) in [6.45, 7) is 1.97. The van der Waals surface area contributed by atoms with E-state index in [0.717, 1.165) is 32.1 Å². The normalized spacial score (nSPS) is 30.8. The monoisotopic (exact) mass is 182 g/mol. The van der Waals surface area contributed by atoms with E-state index in [1.165, 1.54) is 0 Å². The van der Waals surface area contributed by atoms with Gasteiger partial charge in [-0.05, 0) is 32.1 Å². The minimum absolute atomic E-state index is 0.223. The van der Waals surface area contributed by atoms with Crippen molar-refractivity contribution < 1.29 is 4.74 Å². The zero-order valence-corrected chi connectivity index (χ0v) is 8.20. The van der Waals surface area contributed by atoms with Crippen LogP contribution in [-0.2, 0) is 4.74 Å². The molecular formula is C10H18N2O. The molecule has 0 spiro atoms. The van der Waals surface area contributed by atoms with Crippen molar-refractivity contribution in [3.05, 3.63) is 0 Å². The number of hydrogen-bond donors (Lipinski definition) is 1. The van der Waals surface area contributed by atoms with Gasteiger partial charge in [-0.2, -0.15) is 5.26 Å². The summed E-state index contributed by atoms with van der Waals surface area (Å²) in [5, 5.41) is 8.71. The van der Waals surface area contributed by atoms with Crippen LogP contribution >= 0.6 is 0 Å². The fourth-order valence-electron chi connectivity index (χ4n) is 1.67. The molecule has 0 heterocycles. The van der Waals surface area contributed by atoms with E-state index in [0.29, 0.717) is 6.04 Å². The minimum atomic E-state index is -0.223. The number of nitrogens with zero attached hydrogens (tertiary/aromatic N) is 1. The average Bonchev–Trinajstić information content (AvgIpc) is 2.17. The van der Waals surface area contributed by atoms with Crippen molar-refractivity contribution in [1.29, 1.82) is 5.26 Å². The van der Waals surface area contributed by atoms with Crippen LogP contribution in [0.5, 0.6) is 0 Å². The maximum atomic E-state index is 8.71. The lowest BCUT2D eigenvalue weighted by Crippen LogP contribution is -2.32. The van der Waals surface area contributed by atoms with E-state index in [1.807, 2.05) is 6.92 Å². The van der Waals surface area contributed by atoms with Gasteiger partial charge in [0.15, 0.2) is 0 Å². The summed E-state index contributed by atoms with van der Waals surface area (Å²) in [5.41, 5.74) is 5.77. The van der Waals surface area contributed by atoms with E-state index in [2.05, 4.69) is 6.07 Å². The molecule has 0 aromatic carbocycles. The Morgan fingerprint density at radius 2 is 2.08 bits per heavy atom. The number of hydrogen-bond acceptors (Lipinski definition) is 3. The summed E-state index contributed by atoms with van der Waals surface area (Å²) in [6, 6.07) is 2.51. The van der Waals surface area contributed by atoms with E-state index in [1.54, 1.807) is 0 Å². The molecule has 0 saturated heterocycles. The Kier molecular flexibility index (Phi) is 4.20. The van der Waals surface area contributed by atoms with E-state index in [-0.39, 0.29) is 12.2 Å². The van der Waals surface area contributed by atoms with Gasteiger partial charge in [0.05, 0.1) is 12.2 Å². The third kappa shape index (κ3) is 3.33. The quantitative estimate of drug-likeness (QED) is 0.720. The summed E-state index contributed by atoms with van der Waals surface area (Å²) in [5.74, 6) is 0. The zero-order chi connectivity index (χ0) is 9.68. The smallest absolute Gasteiger partial charge is 0.144 e. The Hall–Kier alpha value is -0.590. The Balaban J connectivity index is 2.26. The first-order valence-electron chi connectivity index (χ1n) is 5.07. The standard InChI is InChI=1S/C10H18N2O/c1-2-9(7-11)13-10-5-3-8(12)4-6-10/h8-10H,2-6,12H2,1H3. The summed E-state index contributed by atoms with van der Waals surface area (Å²) in [6.07, 6.45) is 4.92. The highest BCUT2D eigenvalue weighted by Crippen LogP contribution is 2.21. The molecule has 74 valence electrons. The SMILES string of the molecule is CCC(C#N)OC1CCC(N)CC1.